The number of hydrogen-bond acceptors (Lipinski definition) is 3. The molecule has 0 radical (unpaired) electrons. The molecule has 0 atom stereocenters. The third kappa shape index (κ3) is 0.690. The summed E-state index contributed by atoms with van der Waals surface area (Å²) in [6, 6.07) is 4.77. The fourth-order valence-corrected chi connectivity index (χ4v) is 1.34. The van der Waals surface area contributed by atoms with E-state index in [9.17, 15) is 4.39 Å². The normalized spacial score (nSPS) is 10.5. The van der Waals surface area contributed by atoms with Crippen LogP contribution in [0.3, 0.4) is 0 Å². The number of rotatable bonds is 0. The third-order valence-corrected chi connectivity index (χ3v) is 1.98. The molecule has 1 aromatic carbocycles. The van der Waals surface area contributed by atoms with E-state index < -0.39 is 0 Å². The highest BCUT2D eigenvalue weighted by molar-refractivity contribution is 7.12. The topological polar surface area (TPSA) is 25.8 Å². The fraction of sp³-hybridized carbons (Fsp3) is 0. The third-order valence-electron chi connectivity index (χ3n) is 1.23. The molecule has 0 saturated carbocycles. The van der Waals surface area contributed by atoms with Crippen LogP contribution in [0.25, 0.3) is 10.2 Å². The molecular weight excluding hydrogens is 151 g/mol. The smallest absolute Gasteiger partial charge is 0.144 e. The first-order valence-corrected chi connectivity index (χ1v) is 3.52. The summed E-state index contributed by atoms with van der Waals surface area (Å²) >= 11 is 1.08. The Morgan fingerprint density at radius 2 is 2.30 bits per heavy atom. The molecule has 0 unspecified atom stereocenters. The van der Waals surface area contributed by atoms with Gasteiger partial charge in [-0.1, -0.05) is 10.6 Å². The summed E-state index contributed by atoms with van der Waals surface area (Å²) in [6.07, 6.45) is 0. The molecule has 0 aliphatic rings. The van der Waals surface area contributed by atoms with Gasteiger partial charge in [0.25, 0.3) is 0 Å². The second-order valence-electron chi connectivity index (χ2n) is 1.86. The average molecular weight is 154 g/mol. The Balaban J connectivity index is 2.95. The largest absolute Gasteiger partial charge is 0.205 e. The minimum absolute atomic E-state index is 0.243. The number of nitrogens with zero attached hydrogens (tertiary/aromatic N) is 2. The van der Waals surface area contributed by atoms with Crippen molar-refractivity contribution in [1.82, 2.24) is 9.59 Å². The highest BCUT2D eigenvalue weighted by atomic mass is 32.1. The number of aromatic nitrogens is 2. The van der Waals surface area contributed by atoms with Gasteiger partial charge < -0.3 is 0 Å². The molecule has 50 valence electrons. The monoisotopic (exact) mass is 154 g/mol. The molecule has 4 heteroatoms. The Bertz CT molecular complexity index is 357. The predicted molar refractivity (Wildman–Crippen MR) is 37.4 cm³/mol. The maximum atomic E-state index is 12.7. The Morgan fingerprint density at radius 3 is 3.10 bits per heavy atom. The first kappa shape index (κ1) is 5.73. The minimum Gasteiger partial charge on any atom is -0.205 e. The van der Waals surface area contributed by atoms with Gasteiger partial charge in [-0.2, -0.15) is 0 Å². The fourth-order valence-electron chi connectivity index (χ4n) is 0.772. The highest BCUT2D eigenvalue weighted by Gasteiger charge is 2.01. The van der Waals surface area contributed by atoms with Crippen molar-refractivity contribution in [3.05, 3.63) is 24.0 Å². The minimum atomic E-state index is -0.243. The van der Waals surface area contributed by atoms with Crippen LogP contribution in [0.1, 0.15) is 0 Å². The van der Waals surface area contributed by atoms with E-state index in [1.165, 1.54) is 6.07 Å². The van der Waals surface area contributed by atoms with Crippen molar-refractivity contribution in [3.63, 3.8) is 0 Å². The van der Waals surface area contributed by atoms with E-state index in [4.69, 9.17) is 0 Å². The van der Waals surface area contributed by atoms with Gasteiger partial charge in [-0.3, -0.25) is 0 Å². The molecule has 0 fully saturated rings. The molecule has 0 amide bonds. The summed E-state index contributed by atoms with van der Waals surface area (Å²) in [5, 5.41) is 3.71. The molecule has 1 heterocycles. The SMILES string of the molecule is Fc1cccc2nnsc12. The van der Waals surface area contributed by atoms with Gasteiger partial charge in [0, 0.05) is 0 Å². The molecule has 2 nitrogen and oxygen atoms in total. The van der Waals surface area contributed by atoms with Crippen LogP contribution < -0.4 is 0 Å². The number of hydrogen-bond donors (Lipinski definition) is 0. The van der Waals surface area contributed by atoms with Crippen molar-refractivity contribution >= 4 is 21.7 Å². The first-order chi connectivity index (χ1) is 4.88. The predicted octanol–water partition coefficient (Wildman–Crippen LogP) is 1.83. The van der Waals surface area contributed by atoms with Crippen molar-refractivity contribution in [2.45, 2.75) is 0 Å². The van der Waals surface area contributed by atoms with Crippen molar-refractivity contribution in [2.75, 3.05) is 0 Å². The molecule has 0 aliphatic carbocycles. The Morgan fingerprint density at radius 1 is 1.40 bits per heavy atom. The van der Waals surface area contributed by atoms with Gasteiger partial charge in [0.2, 0.25) is 0 Å². The average Bonchev–Trinajstić information content (AvgIpc) is 2.36. The van der Waals surface area contributed by atoms with Gasteiger partial charge in [-0.05, 0) is 23.7 Å². The summed E-state index contributed by atoms with van der Waals surface area (Å²) in [4.78, 5) is 0. The Kier molecular flexibility index (Phi) is 1.14. The van der Waals surface area contributed by atoms with E-state index in [-0.39, 0.29) is 5.82 Å². The van der Waals surface area contributed by atoms with Gasteiger partial charge in [0.05, 0.1) is 0 Å². The van der Waals surface area contributed by atoms with Crippen LogP contribution in [0.4, 0.5) is 4.39 Å². The molecule has 2 aromatic rings. The van der Waals surface area contributed by atoms with Gasteiger partial charge in [0.1, 0.15) is 16.0 Å². The molecule has 0 N–H and O–H groups in total. The highest BCUT2D eigenvalue weighted by Crippen LogP contribution is 2.17. The maximum Gasteiger partial charge on any atom is 0.144 e. The van der Waals surface area contributed by atoms with Crippen molar-refractivity contribution in [1.29, 1.82) is 0 Å². The van der Waals surface area contributed by atoms with Crippen LogP contribution in [0.15, 0.2) is 18.2 Å². The van der Waals surface area contributed by atoms with Crippen molar-refractivity contribution < 1.29 is 4.39 Å². The molecule has 1 aromatic heterocycles. The number of fused-ring (bicyclic) bond motifs is 1. The van der Waals surface area contributed by atoms with Crippen LogP contribution in [0.2, 0.25) is 0 Å². The second kappa shape index (κ2) is 1.98. The zero-order chi connectivity index (χ0) is 6.97. The first-order valence-electron chi connectivity index (χ1n) is 2.74. The lowest BCUT2D eigenvalue weighted by Crippen LogP contribution is -1.71. The number of halogens is 1. The summed E-state index contributed by atoms with van der Waals surface area (Å²) in [7, 11) is 0. The van der Waals surface area contributed by atoms with Crippen molar-refractivity contribution in [2.24, 2.45) is 0 Å². The van der Waals surface area contributed by atoms with E-state index in [2.05, 4.69) is 9.59 Å². The molecule has 0 saturated heterocycles. The zero-order valence-electron chi connectivity index (χ0n) is 4.91. The number of benzene rings is 1. The lowest BCUT2D eigenvalue weighted by atomic mass is 10.3. The van der Waals surface area contributed by atoms with Crippen LogP contribution in [-0.4, -0.2) is 9.59 Å². The van der Waals surface area contributed by atoms with E-state index >= 15 is 0 Å². The van der Waals surface area contributed by atoms with Gasteiger partial charge in [-0.25, -0.2) is 4.39 Å². The quantitative estimate of drug-likeness (QED) is 0.578. The molecule has 10 heavy (non-hydrogen) atoms. The van der Waals surface area contributed by atoms with Crippen LogP contribution >= 0.6 is 11.5 Å². The van der Waals surface area contributed by atoms with E-state index in [0.29, 0.717) is 10.2 Å². The summed E-state index contributed by atoms with van der Waals surface area (Å²) in [5.74, 6) is -0.243. The maximum absolute atomic E-state index is 12.7. The Labute approximate surface area is 60.5 Å². The van der Waals surface area contributed by atoms with Crippen LogP contribution in [0, 0.1) is 5.82 Å². The van der Waals surface area contributed by atoms with Crippen molar-refractivity contribution in [3.8, 4) is 0 Å². The molecule has 2 rings (SSSR count). The van der Waals surface area contributed by atoms with E-state index in [1.54, 1.807) is 12.1 Å². The summed E-state index contributed by atoms with van der Waals surface area (Å²) in [6.45, 7) is 0. The summed E-state index contributed by atoms with van der Waals surface area (Å²) < 4.78 is 16.9. The van der Waals surface area contributed by atoms with E-state index in [0.717, 1.165) is 11.5 Å². The molecule has 0 aliphatic heterocycles. The standard InChI is InChI=1S/C6H3FN2S/c7-4-2-1-3-5-6(4)10-9-8-5/h1-3H. The van der Waals surface area contributed by atoms with E-state index in [1.807, 2.05) is 0 Å². The molecule has 0 spiro atoms. The summed E-state index contributed by atoms with van der Waals surface area (Å²) in [5.41, 5.74) is 0.630. The van der Waals surface area contributed by atoms with Gasteiger partial charge >= 0.3 is 0 Å². The molecule has 0 bridgehead atoms. The lowest BCUT2D eigenvalue weighted by molar-refractivity contribution is 0.641. The zero-order valence-corrected chi connectivity index (χ0v) is 5.73. The lowest BCUT2D eigenvalue weighted by Gasteiger charge is -1.84. The second-order valence-corrected chi connectivity index (χ2v) is 2.62. The Hall–Kier alpha value is -1.03. The van der Waals surface area contributed by atoms with Gasteiger partial charge in [0.15, 0.2) is 0 Å². The van der Waals surface area contributed by atoms with Crippen LogP contribution in [0.5, 0.6) is 0 Å². The van der Waals surface area contributed by atoms with Crippen LogP contribution in [-0.2, 0) is 0 Å². The van der Waals surface area contributed by atoms with Gasteiger partial charge in [-0.15, -0.1) is 5.10 Å². The molecular formula is C6H3FN2S.